The molecule has 0 aromatic heterocycles. The van der Waals surface area contributed by atoms with Crippen LogP contribution in [0, 0.1) is 0 Å². The van der Waals surface area contributed by atoms with Gasteiger partial charge in [0.05, 0.1) is 10.8 Å². The molecule has 0 aliphatic rings. The van der Waals surface area contributed by atoms with Gasteiger partial charge in [-0.3, -0.25) is 13.8 Å². The monoisotopic (exact) mass is 507 g/mol. The Kier molecular flexibility index (Phi) is 10.2. The Morgan fingerprint density at radius 1 is 0.778 bits per heavy atom. The summed E-state index contributed by atoms with van der Waals surface area (Å²) in [4.78, 5) is 38.3. The molecule has 0 heterocycles. The number of rotatable bonds is 12. The minimum absolute atomic E-state index is 0.0432. The first kappa shape index (κ1) is 26.6. The Balaban J connectivity index is 1.64. The Morgan fingerprint density at radius 2 is 1.33 bits per heavy atom. The third-order valence-electron chi connectivity index (χ3n) is 5.36. The molecule has 0 bridgehead atoms. The summed E-state index contributed by atoms with van der Waals surface area (Å²) in [6.45, 7) is 0.0432. The van der Waals surface area contributed by atoms with Crippen LogP contribution in [0.4, 0.5) is 4.79 Å². The van der Waals surface area contributed by atoms with Crippen LogP contribution in [0.3, 0.4) is 0 Å². The molecule has 4 N–H and O–H groups in total. The molecule has 9 heteroatoms. The zero-order chi connectivity index (χ0) is 25.8. The van der Waals surface area contributed by atoms with Crippen LogP contribution in [0.1, 0.15) is 17.5 Å². The van der Waals surface area contributed by atoms with Crippen molar-refractivity contribution in [2.75, 3.05) is 5.75 Å². The minimum atomic E-state index is -1.36. The highest BCUT2D eigenvalue weighted by Gasteiger charge is 2.27. The average Bonchev–Trinajstić information content (AvgIpc) is 2.90. The van der Waals surface area contributed by atoms with E-state index in [1.54, 1.807) is 24.3 Å². The van der Waals surface area contributed by atoms with Crippen molar-refractivity contribution >= 4 is 28.7 Å². The molecule has 0 spiro atoms. The van der Waals surface area contributed by atoms with Crippen LogP contribution in [0.2, 0.25) is 0 Å². The van der Waals surface area contributed by atoms with E-state index in [4.69, 9.17) is 10.5 Å². The van der Waals surface area contributed by atoms with Crippen LogP contribution in [-0.2, 0) is 38.2 Å². The van der Waals surface area contributed by atoms with Gasteiger partial charge in [0.2, 0.25) is 11.8 Å². The highest BCUT2D eigenvalue weighted by molar-refractivity contribution is 7.85. The third-order valence-corrected chi connectivity index (χ3v) is 6.77. The summed E-state index contributed by atoms with van der Waals surface area (Å²) < 4.78 is 17.8. The molecule has 0 saturated heterocycles. The number of ether oxygens (including phenoxy) is 1. The number of primary amides is 1. The van der Waals surface area contributed by atoms with Crippen LogP contribution >= 0.6 is 0 Å². The van der Waals surface area contributed by atoms with Crippen molar-refractivity contribution in [2.24, 2.45) is 5.73 Å². The first-order valence-electron chi connectivity index (χ1n) is 11.5. The molecule has 3 aromatic carbocycles. The van der Waals surface area contributed by atoms with Gasteiger partial charge in [-0.2, -0.15) is 0 Å². The number of carbonyl (C=O) groups excluding carboxylic acids is 3. The van der Waals surface area contributed by atoms with Crippen LogP contribution in [0.15, 0.2) is 95.9 Å². The maximum absolute atomic E-state index is 13.1. The van der Waals surface area contributed by atoms with Gasteiger partial charge in [-0.25, -0.2) is 4.79 Å². The van der Waals surface area contributed by atoms with Crippen LogP contribution in [0.5, 0.6) is 0 Å². The summed E-state index contributed by atoms with van der Waals surface area (Å²) in [7, 11) is -1.36. The molecule has 3 rings (SSSR count). The molecule has 0 saturated carbocycles. The Labute approximate surface area is 212 Å². The lowest BCUT2D eigenvalue weighted by atomic mass is 10.0. The summed E-state index contributed by atoms with van der Waals surface area (Å²) in [5.41, 5.74) is 7.12. The predicted octanol–water partition coefficient (Wildman–Crippen LogP) is 2.69. The molecule has 0 aliphatic carbocycles. The summed E-state index contributed by atoms with van der Waals surface area (Å²) in [6, 6.07) is 25.1. The summed E-state index contributed by atoms with van der Waals surface area (Å²) in [6.07, 6.45) is -0.510. The maximum atomic E-state index is 13.1. The highest BCUT2D eigenvalue weighted by atomic mass is 32.2. The first-order chi connectivity index (χ1) is 17.4. The lowest BCUT2D eigenvalue weighted by Gasteiger charge is -2.22. The average molecular weight is 508 g/mol. The van der Waals surface area contributed by atoms with Gasteiger partial charge in [0.25, 0.3) is 0 Å². The molecular formula is C27H29N3O5S. The SMILES string of the molecule is NC(=O)[C@H](CC[S@@](=O)c1ccccc1)NC(=O)[C@H](Cc1ccccc1)NC(=O)OCc1ccccc1. The van der Waals surface area contributed by atoms with Gasteiger partial charge in [0.1, 0.15) is 18.7 Å². The van der Waals surface area contributed by atoms with E-state index in [9.17, 15) is 18.6 Å². The summed E-state index contributed by atoms with van der Waals surface area (Å²) in [5.74, 6) is -1.21. The Bertz CT molecular complexity index is 1160. The van der Waals surface area contributed by atoms with Gasteiger partial charge in [0, 0.05) is 17.1 Å². The third kappa shape index (κ3) is 8.66. The zero-order valence-electron chi connectivity index (χ0n) is 19.7. The van der Waals surface area contributed by atoms with Crippen LogP contribution < -0.4 is 16.4 Å². The zero-order valence-corrected chi connectivity index (χ0v) is 20.5. The number of hydrogen-bond acceptors (Lipinski definition) is 5. The number of nitrogens with one attached hydrogen (secondary N) is 2. The second-order valence-electron chi connectivity index (χ2n) is 8.06. The second kappa shape index (κ2) is 13.8. The van der Waals surface area contributed by atoms with E-state index in [2.05, 4.69) is 10.6 Å². The number of alkyl carbamates (subject to hydrolysis) is 1. The molecule has 36 heavy (non-hydrogen) atoms. The molecule has 8 nitrogen and oxygen atoms in total. The van der Waals surface area contributed by atoms with E-state index in [0.717, 1.165) is 11.1 Å². The van der Waals surface area contributed by atoms with Gasteiger partial charge in [-0.05, 0) is 29.7 Å². The molecule has 0 radical (unpaired) electrons. The van der Waals surface area contributed by atoms with Gasteiger partial charge < -0.3 is 21.1 Å². The lowest BCUT2D eigenvalue weighted by molar-refractivity contribution is -0.128. The number of nitrogens with two attached hydrogens (primary N) is 1. The van der Waals surface area contributed by atoms with Crippen LogP contribution in [-0.4, -0.2) is 40.0 Å². The van der Waals surface area contributed by atoms with E-state index in [-0.39, 0.29) is 25.2 Å². The number of amides is 3. The normalized spacial score (nSPS) is 13.1. The van der Waals surface area contributed by atoms with Gasteiger partial charge in [-0.1, -0.05) is 78.9 Å². The van der Waals surface area contributed by atoms with E-state index in [1.807, 2.05) is 66.7 Å². The Hall–Kier alpha value is -3.98. The fourth-order valence-electron chi connectivity index (χ4n) is 3.44. The minimum Gasteiger partial charge on any atom is -0.445 e. The van der Waals surface area contributed by atoms with E-state index in [1.165, 1.54) is 0 Å². The fraction of sp³-hybridized carbons (Fsp3) is 0.222. The van der Waals surface area contributed by atoms with Crippen molar-refractivity contribution in [2.45, 2.75) is 36.4 Å². The molecule has 3 atom stereocenters. The summed E-state index contributed by atoms with van der Waals surface area (Å²) in [5, 5.41) is 5.19. The fourth-order valence-corrected chi connectivity index (χ4v) is 4.59. The summed E-state index contributed by atoms with van der Waals surface area (Å²) >= 11 is 0. The maximum Gasteiger partial charge on any atom is 0.408 e. The second-order valence-corrected chi connectivity index (χ2v) is 9.63. The highest BCUT2D eigenvalue weighted by Crippen LogP contribution is 2.09. The molecule has 0 aliphatic heterocycles. The largest absolute Gasteiger partial charge is 0.445 e. The molecular weight excluding hydrogens is 478 g/mol. The van der Waals surface area contributed by atoms with Gasteiger partial charge in [-0.15, -0.1) is 0 Å². The smallest absolute Gasteiger partial charge is 0.408 e. The first-order valence-corrected chi connectivity index (χ1v) is 12.8. The van der Waals surface area contributed by atoms with Crippen molar-refractivity contribution < 1.29 is 23.3 Å². The quantitative estimate of drug-likeness (QED) is 0.347. The van der Waals surface area contributed by atoms with Crippen molar-refractivity contribution in [1.82, 2.24) is 10.6 Å². The van der Waals surface area contributed by atoms with Crippen molar-refractivity contribution in [3.63, 3.8) is 0 Å². The van der Waals surface area contributed by atoms with E-state index in [0.29, 0.717) is 4.90 Å². The molecule has 0 fully saturated rings. The van der Waals surface area contributed by atoms with Gasteiger partial charge in [0.15, 0.2) is 0 Å². The molecule has 0 unspecified atom stereocenters. The standard InChI is InChI=1S/C27H29N3O5S/c28-25(31)23(16-17-36(34)22-14-8-3-9-15-22)29-26(32)24(18-20-10-4-1-5-11-20)30-27(33)35-19-21-12-6-2-7-13-21/h1-15,23-24H,16-19H2,(H2,28,31)(H,29,32)(H,30,33)/t23-,24-,36+/m0/s1. The van der Waals surface area contributed by atoms with Crippen LogP contribution in [0.25, 0.3) is 0 Å². The van der Waals surface area contributed by atoms with Gasteiger partial charge >= 0.3 is 6.09 Å². The number of carbonyl (C=O) groups is 3. The van der Waals surface area contributed by atoms with Crippen molar-refractivity contribution in [3.8, 4) is 0 Å². The number of benzene rings is 3. The van der Waals surface area contributed by atoms with Crippen molar-refractivity contribution in [1.29, 1.82) is 0 Å². The van der Waals surface area contributed by atoms with Crippen molar-refractivity contribution in [3.05, 3.63) is 102 Å². The predicted molar refractivity (Wildman–Crippen MR) is 137 cm³/mol. The molecule has 3 amide bonds. The number of hydrogen-bond donors (Lipinski definition) is 3. The van der Waals surface area contributed by atoms with E-state index >= 15 is 0 Å². The Morgan fingerprint density at radius 3 is 1.92 bits per heavy atom. The van der Waals surface area contributed by atoms with E-state index < -0.39 is 40.8 Å². The molecule has 3 aromatic rings. The molecule has 188 valence electrons. The topological polar surface area (TPSA) is 128 Å². The lowest BCUT2D eigenvalue weighted by Crippen LogP contribution is -2.54.